The maximum atomic E-state index is 14.2. The zero-order valence-corrected chi connectivity index (χ0v) is 38.1. The third kappa shape index (κ3) is 12.8. The van der Waals surface area contributed by atoms with E-state index in [1.165, 1.54) is 43.5 Å². The van der Waals surface area contributed by atoms with Crippen LogP contribution in [0.4, 0.5) is 0 Å². The first-order valence-corrected chi connectivity index (χ1v) is 22.7. The molecule has 0 aliphatic carbocycles. The SMILES string of the molecule is CO[C@H]1O[C@H](COCc2ccccc2)[C@@H](O)[C@H](O[C@@H]2O[C@H](COC(=O)c3ccccc3)[C@@H](OC(=O)c3ccccc3)[C@H](OC(=O)c3ccccc3)[C@H]2OC(=O)c2ccccc2)[C@H]1OCc1ccccc1. The van der Waals surface area contributed by atoms with E-state index < -0.39 is 91.9 Å². The molecule has 2 saturated heterocycles. The lowest BCUT2D eigenvalue weighted by molar-refractivity contribution is -0.362. The second-order valence-corrected chi connectivity index (χ2v) is 16.3. The van der Waals surface area contributed by atoms with Crippen molar-refractivity contribution < 1.29 is 71.7 Å². The number of methoxy groups -OCH3 is 1. The van der Waals surface area contributed by atoms with Crippen LogP contribution in [0.2, 0.25) is 0 Å². The maximum absolute atomic E-state index is 14.2. The monoisotopic (exact) mass is 952 g/mol. The molecule has 2 aliphatic heterocycles. The number of rotatable bonds is 19. The Morgan fingerprint density at radius 1 is 0.443 bits per heavy atom. The van der Waals surface area contributed by atoms with Crippen LogP contribution >= 0.6 is 0 Å². The quantitative estimate of drug-likeness (QED) is 0.0638. The van der Waals surface area contributed by atoms with Gasteiger partial charge in [-0.25, -0.2) is 19.2 Å². The van der Waals surface area contributed by atoms with Gasteiger partial charge in [0.25, 0.3) is 0 Å². The summed E-state index contributed by atoms with van der Waals surface area (Å²) in [6.07, 6.45) is -14.8. The van der Waals surface area contributed by atoms with E-state index in [0.717, 1.165) is 11.1 Å². The molecule has 0 spiro atoms. The molecule has 362 valence electrons. The van der Waals surface area contributed by atoms with Crippen LogP contribution in [0.3, 0.4) is 0 Å². The Morgan fingerprint density at radius 2 is 0.857 bits per heavy atom. The van der Waals surface area contributed by atoms with Gasteiger partial charge in [0.15, 0.2) is 30.9 Å². The Kier molecular flexibility index (Phi) is 17.2. The number of carbonyl (C=O) groups is 4. The molecule has 8 rings (SSSR count). The van der Waals surface area contributed by atoms with Gasteiger partial charge in [-0.2, -0.15) is 0 Å². The van der Waals surface area contributed by atoms with Gasteiger partial charge < -0.3 is 52.5 Å². The van der Waals surface area contributed by atoms with Crippen molar-refractivity contribution in [3.63, 3.8) is 0 Å². The number of hydrogen-bond donors (Lipinski definition) is 1. The van der Waals surface area contributed by atoms with E-state index in [9.17, 15) is 24.3 Å². The molecule has 1 N–H and O–H groups in total. The van der Waals surface area contributed by atoms with E-state index in [1.807, 2.05) is 60.7 Å². The highest BCUT2D eigenvalue weighted by atomic mass is 16.8. The zero-order chi connectivity index (χ0) is 48.7. The van der Waals surface area contributed by atoms with Crippen molar-refractivity contribution in [1.82, 2.24) is 0 Å². The maximum Gasteiger partial charge on any atom is 0.338 e. The van der Waals surface area contributed by atoms with Crippen LogP contribution in [0.5, 0.6) is 0 Å². The van der Waals surface area contributed by atoms with Crippen molar-refractivity contribution in [2.24, 2.45) is 0 Å². The minimum atomic E-state index is -1.78. The molecule has 0 unspecified atom stereocenters. The summed E-state index contributed by atoms with van der Waals surface area (Å²) in [6.45, 7) is -0.526. The van der Waals surface area contributed by atoms with Gasteiger partial charge in [0.1, 0.15) is 37.1 Å². The average molecular weight is 953 g/mol. The molecule has 0 bridgehead atoms. The largest absolute Gasteiger partial charge is 0.459 e. The number of hydrogen-bond acceptors (Lipinski definition) is 15. The van der Waals surface area contributed by atoms with Crippen LogP contribution in [0.25, 0.3) is 0 Å². The molecule has 0 amide bonds. The third-order valence-electron chi connectivity index (χ3n) is 11.6. The molecule has 0 saturated carbocycles. The lowest BCUT2D eigenvalue weighted by Crippen LogP contribution is -2.66. The van der Waals surface area contributed by atoms with Gasteiger partial charge in [-0.1, -0.05) is 133 Å². The number of aliphatic hydroxyl groups is 1. The van der Waals surface area contributed by atoms with E-state index in [4.69, 9.17) is 47.4 Å². The van der Waals surface area contributed by atoms with Crippen LogP contribution in [0.15, 0.2) is 182 Å². The topological polar surface area (TPSA) is 181 Å². The van der Waals surface area contributed by atoms with Gasteiger partial charge in [0.05, 0.1) is 42.1 Å². The zero-order valence-electron chi connectivity index (χ0n) is 38.1. The molecule has 6 aromatic rings. The third-order valence-corrected chi connectivity index (χ3v) is 11.6. The van der Waals surface area contributed by atoms with Crippen LogP contribution in [-0.4, -0.2) is 111 Å². The van der Waals surface area contributed by atoms with Crippen molar-refractivity contribution in [3.8, 4) is 0 Å². The number of aliphatic hydroxyl groups excluding tert-OH is 1. The first-order chi connectivity index (χ1) is 34.2. The fourth-order valence-corrected chi connectivity index (χ4v) is 7.98. The lowest BCUT2D eigenvalue weighted by Gasteiger charge is -2.48. The molecule has 15 heteroatoms. The summed E-state index contributed by atoms with van der Waals surface area (Å²) in [5.41, 5.74) is 2.21. The predicted molar refractivity (Wildman–Crippen MR) is 250 cm³/mol. The Hall–Kier alpha value is -7.08. The smallest absolute Gasteiger partial charge is 0.338 e. The molecule has 0 aromatic heterocycles. The van der Waals surface area contributed by atoms with Crippen molar-refractivity contribution >= 4 is 23.9 Å². The summed E-state index contributed by atoms with van der Waals surface area (Å²) >= 11 is 0. The van der Waals surface area contributed by atoms with Crippen LogP contribution in [-0.2, 0) is 60.6 Å². The van der Waals surface area contributed by atoms with Crippen molar-refractivity contribution in [1.29, 1.82) is 0 Å². The molecule has 15 nitrogen and oxygen atoms in total. The summed E-state index contributed by atoms with van der Waals surface area (Å²) < 4.78 is 62.7. The fourth-order valence-electron chi connectivity index (χ4n) is 7.98. The molecule has 2 fully saturated rings. The van der Waals surface area contributed by atoms with Gasteiger partial charge in [-0.3, -0.25) is 0 Å². The van der Waals surface area contributed by atoms with Gasteiger partial charge in [-0.05, 0) is 59.7 Å². The van der Waals surface area contributed by atoms with E-state index >= 15 is 0 Å². The minimum absolute atomic E-state index is 0.0152. The second kappa shape index (κ2) is 24.5. The van der Waals surface area contributed by atoms with E-state index in [-0.39, 0.29) is 42.1 Å². The first-order valence-electron chi connectivity index (χ1n) is 22.7. The molecule has 10 atom stereocenters. The summed E-state index contributed by atoms with van der Waals surface area (Å²) in [5, 5.41) is 12.4. The summed E-state index contributed by atoms with van der Waals surface area (Å²) in [7, 11) is 1.41. The van der Waals surface area contributed by atoms with E-state index in [1.54, 1.807) is 84.9 Å². The molecular formula is C55H52O15. The van der Waals surface area contributed by atoms with E-state index in [2.05, 4.69) is 0 Å². The van der Waals surface area contributed by atoms with Gasteiger partial charge in [0.2, 0.25) is 0 Å². The number of ether oxygens (including phenoxy) is 10. The summed E-state index contributed by atoms with van der Waals surface area (Å²) in [6, 6.07) is 50.9. The summed E-state index contributed by atoms with van der Waals surface area (Å²) in [5.74, 6) is -3.40. The Morgan fingerprint density at radius 3 is 1.34 bits per heavy atom. The van der Waals surface area contributed by atoms with Crippen LogP contribution in [0, 0.1) is 0 Å². The molecule has 0 radical (unpaired) electrons. The number of esters is 4. The predicted octanol–water partition coefficient (Wildman–Crippen LogP) is 7.16. The lowest BCUT2D eigenvalue weighted by atomic mass is 9.95. The highest BCUT2D eigenvalue weighted by molar-refractivity contribution is 5.91. The molecule has 70 heavy (non-hydrogen) atoms. The highest BCUT2D eigenvalue weighted by Gasteiger charge is 2.57. The van der Waals surface area contributed by atoms with Gasteiger partial charge >= 0.3 is 23.9 Å². The Labute approximate surface area is 404 Å². The Balaban J connectivity index is 1.20. The normalized spacial score (nSPS) is 24.1. The minimum Gasteiger partial charge on any atom is -0.459 e. The van der Waals surface area contributed by atoms with Crippen LogP contribution < -0.4 is 0 Å². The standard InChI is InChI=1S/C55H52O15/c1-61-54-48(63-33-37-22-10-3-11-23-37)46(44(56)42(65-54)34-62-32-36-20-8-2-9-21-36)70-55-49(69-53(60)41-30-18-7-19-31-41)47(68-52(59)40-28-16-6-17-29-40)45(67-51(58)39-26-14-5-15-27-39)43(66-55)35-64-50(57)38-24-12-4-13-25-38/h2-31,42-49,54-56H,32-35H2,1H3/t42-,43-,44-,45-,46+,47+,48-,49-,54+,55+/m1/s1. The molecule has 2 heterocycles. The first kappa shape index (κ1) is 49.3. The average Bonchev–Trinajstić information content (AvgIpc) is 3.41. The van der Waals surface area contributed by atoms with E-state index in [0.29, 0.717) is 0 Å². The second-order valence-electron chi connectivity index (χ2n) is 16.3. The van der Waals surface area contributed by atoms with Gasteiger partial charge in [0, 0.05) is 7.11 Å². The fraction of sp³-hybridized carbons (Fsp3) is 0.273. The number of benzene rings is 6. The number of carbonyl (C=O) groups excluding carboxylic acids is 4. The molecular weight excluding hydrogens is 901 g/mol. The highest BCUT2D eigenvalue weighted by Crippen LogP contribution is 2.36. The van der Waals surface area contributed by atoms with Crippen molar-refractivity contribution in [2.75, 3.05) is 20.3 Å². The van der Waals surface area contributed by atoms with Crippen molar-refractivity contribution in [2.45, 2.75) is 74.6 Å². The molecule has 2 aliphatic rings. The van der Waals surface area contributed by atoms with Crippen molar-refractivity contribution in [3.05, 3.63) is 215 Å². The Bertz CT molecular complexity index is 2570. The van der Waals surface area contributed by atoms with Gasteiger partial charge in [-0.15, -0.1) is 0 Å². The summed E-state index contributed by atoms with van der Waals surface area (Å²) in [4.78, 5) is 56.1. The van der Waals surface area contributed by atoms with Crippen LogP contribution in [0.1, 0.15) is 52.6 Å². The molecule has 6 aromatic carbocycles.